The Morgan fingerprint density at radius 3 is 2.47 bits per heavy atom. The van der Waals surface area contributed by atoms with Crippen LogP contribution in [0.5, 0.6) is 0 Å². The fraction of sp³-hybridized carbons (Fsp3) is 0.333. The molecule has 0 amide bonds. The van der Waals surface area contributed by atoms with E-state index in [1.165, 1.54) is 0 Å². The van der Waals surface area contributed by atoms with Crippen LogP contribution in [-0.4, -0.2) is 21.5 Å². The molecule has 0 fully saturated rings. The van der Waals surface area contributed by atoms with Crippen LogP contribution in [0.25, 0.3) is 0 Å². The van der Waals surface area contributed by atoms with Crippen molar-refractivity contribution in [1.29, 1.82) is 0 Å². The molecule has 0 aliphatic rings. The van der Waals surface area contributed by atoms with E-state index in [1.807, 2.05) is 6.92 Å². The van der Waals surface area contributed by atoms with Crippen LogP contribution >= 0.6 is 0 Å². The fourth-order valence-corrected chi connectivity index (χ4v) is 2.21. The summed E-state index contributed by atoms with van der Waals surface area (Å²) < 4.78 is 25.7. The maximum Gasteiger partial charge on any atom is 0.241 e. The third-order valence-electron chi connectivity index (χ3n) is 2.18. The average Bonchev–Trinajstić information content (AvgIpc) is 2.34. The summed E-state index contributed by atoms with van der Waals surface area (Å²) >= 11 is 0. The van der Waals surface area contributed by atoms with E-state index >= 15 is 0 Å². The van der Waals surface area contributed by atoms with E-state index in [2.05, 4.69) is 16.0 Å². The van der Waals surface area contributed by atoms with Gasteiger partial charge in [0.25, 0.3) is 0 Å². The van der Waals surface area contributed by atoms with Crippen molar-refractivity contribution in [2.75, 3.05) is 13.1 Å². The predicted octanol–water partition coefficient (Wildman–Crippen LogP) is 0.708. The van der Waals surface area contributed by atoms with Crippen LogP contribution in [-0.2, 0) is 16.6 Å². The molecule has 1 rings (SSSR count). The van der Waals surface area contributed by atoms with Gasteiger partial charge in [-0.15, -0.1) is 6.42 Å². The molecule has 0 aliphatic heterocycles. The van der Waals surface area contributed by atoms with Crippen LogP contribution in [0.4, 0.5) is 0 Å². The first kappa shape index (κ1) is 13.7. The molecular weight excluding hydrogens is 236 g/mol. The van der Waals surface area contributed by atoms with Gasteiger partial charge >= 0.3 is 0 Å². The van der Waals surface area contributed by atoms with Crippen LogP contribution in [0.1, 0.15) is 12.5 Å². The topological polar surface area (TPSA) is 58.2 Å². The number of hydrogen-bond acceptors (Lipinski definition) is 3. The fourth-order valence-electron chi connectivity index (χ4n) is 1.28. The summed E-state index contributed by atoms with van der Waals surface area (Å²) in [6, 6.07) is 6.72. The number of nitrogens with one attached hydrogen (secondary N) is 2. The normalized spacial score (nSPS) is 11.1. The maximum atomic E-state index is 11.7. The highest BCUT2D eigenvalue weighted by molar-refractivity contribution is 7.89. The molecule has 0 heterocycles. The average molecular weight is 252 g/mol. The van der Waals surface area contributed by atoms with Crippen molar-refractivity contribution >= 4 is 10.0 Å². The first-order chi connectivity index (χ1) is 8.10. The van der Waals surface area contributed by atoms with E-state index in [-0.39, 0.29) is 11.4 Å². The molecule has 5 heteroatoms. The van der Waals surface area contributed by atoms with Gasteiger partial charge in [0.1, 0.15) is 0 Å². The minimum atomic E-state index is -3.47. The molecule has 0 bridgehead atoms. The minimum Gasteiger partial charge on any atom is -0.313 e. The van der Waals surface area contributed by atoms with Gasteiger partial charge in [0.05, 0.1) is 11.4 Å². The summed E-state index contributed by atoms with van der Waals surface area (Å²) in [4.78, 5) is 0.230. The molecular formula is C12H16N2O2S. The number of terminal acetylenes is 1. The van der Waals surface area contributed by atoms with Gasteiger partial charge in [-0.05, 0) is 24.2 Å². The first-order valence-corrected chi connectivity index (χ1v) is 6.81. The van der Waals surface area contributed by atoms with E-state index in [1.54, 1.807) is 24.3 Å². The van der Waals surface area contributed by atoms with Crippen LogP contribution in [0.15, 0.2) is 29.2 Å². The van der Waals surface area contributed by atoms with Crippen LogP contribution in [0, 0.1) is 12.3 Å². The summed E-state index contributed by atoms with van der Waals surface area (Å²) in [6.07, 6.45) is 5.01. The monoisotopic (exact) mass is 252 g/mol. The number of sulfonamides is 1. The van der Waals surface area contributed by atoms with Crippen molar-refractivity contribution in [2.24, 2.45) is 0 Å². The molecule has 0 radical (unpaired) electrons. The Hall–Kier alpha value is -1.35. The van der Waals surface area contributed by atoms with Gasteiger partial charge in [-0.1, -0.05) is 25.0 Å². The molecule has 17 heavy (non-hydrogen) atoms. The Labute approximate surface area is 102 Å². The Morgan fingerprint density at radius 1 is 1.29 bits per heavy atom. The Morgan fingerprint density at radius 2 is 1.94 bits per heavy atom. The molecule has 0 atom stereocenters. The lowest BCUT2D eigenvalue weighted by molar-refractivity contribution is 0.586. The van der Waals surface area contributed by atoms with E-state index in [9.17, 15) is 8.42 Å². The standard InChI is InChI=1S/C12H16N2O2S/c1-3-9-14-17(15,16)12-7-5-11(6-8-12)10-13-4-2/h1,5-8,13-14H,4,9-10H2,2H3. The highest BCUT2D eigenvalue weighted by atomic mass is 32.2. The quantitative estimate of drug-likeness (QED) is 0.733. The third kappa shape index (κ3) is 4.19. The summed E-state index contributed by atoms with van der Waals surface area (Å²) in [5, 5.41) is 3.17. The summed E-state index contributed by atoms with van der Waals surface area (Å²) in [6.45, 7) is 3.63. The van der Waals surface area contributed by atoms with Crippen molar-refractivity contribution in [1.82, 2.24) is 10.0 Å². The zero-order chi connectivity index (χ0) is 12.7. The molecule has 2 N–H and O–H groups in total. The Kier molecular flexibility index (Phi) is 5.16. The molecule has 0 aromatic heterocycles. The molecule has 0 saturated heterocycles. The van der Waals surface area contributed by atoms with Gasteiger partial charge in [0.15, 0.2) is 0 Å². The van der Waals surface area contributed by atoms with Gasteiger partial charge in [-0.25, -0.2) is 8.42 Å². The zero-order valence-corrected chi connectivity index (χ0v) is 10.5. The number of hydrogen-bond donors (Lipinski definition) is 2. The molecule has 0 unspecified atom stereocenters. The second-order valence-electron chi connectivity index (χ2n) is 3.45. The van der Waals surface area contributed by atoms with Gasteiger partial charge in [0, 0.05) is 6.54 Å². The number of rotatable bonds is 6. The molecule has 4 nitrogen and oxygen atoms in total. The third-order valence-corrected chi connectivity index (χ3v) is 3.59. The van der Waals surface area contributed by atoms with Gasteiger partial charge < -0.3 is 5.32 Å². The van der Waals surface area contributed by atoms with Crippen LogP contribution < -0.4 is 10.0 Å². The lowest BCUT2D eigenvalue weighted by atomic mass is 10.2. The van der Waals surface area contributed by atoms with Gasteiger partial charge in [-0.2, -0.15) is 4.72 Å². The molecule has 92 valence electrons. The van der Waals surface area contributed by atoms with E-state index in [0.29, 0.717) is 0 Å². The molecule has 0 saturated carbocycles. The second kappa shape index (κ2) is 6.40. The SMILES string of the molecule is C#CCNS(=O)(=O)c1ccc(CNCC)cc1. The largest absolute Gasteiger partial charge is 0.313 e. The van der Waals surface area contributed by atoms with Crippen molar-refractivity contribution in [3.63, 3.8) is 0 Å². The van der Waals surface area contributed by atoms with Gasteiger partial charge in [-0.3, -0.25) is 0 Å². The van der Waals surface area contributed by atoms with Crippen molar-refractivity contribution in [2.45, 2.75) is 18.4 Å². The van der Waals surface area contributed by atoms with E-state index < -0.39 is 10.0 Å². The van der Waals surface area contributed by atoms with Crippen molar-refractivity contribution in [3.8, 4) is 12.3 Å². The number of benzene rings is 1. The zero-order valence-electron chi connectivity index (χ0n) is 9.73. The summed E-state index contributed by atoms with van der Waals surface area (Å²) in [5.41, 5.74) is 1.04. The molecule has 1 aromatic rings. The highest BCUT2D eigenvalue weighted by Crippen LogP contribution is 2.10. The summed E-state index contributed by atoms with van der Waals surface area (Å²) in [7, 11) is -3.47. The highest BCUT2D eigenvalue weighted by Gasteiger charge is 2.11. The second-order valence-corrected chi connectivity index (χ2v) is 5.22. The van der Waals surface area contributed by atoms with Crippen molar-refractivity contribution < 1.29 is 8.42 Å². The first-order valence-electron chi connectivity index (χ1n) is 5.33. The molecule has 1 aromatic carbocycles. The smallest absolute Gasteiger partial charge is 0.241 e. The summed E-state index contributed by atoms with van der Waals surface area (Å²) in [5.74, 6) is 2.23. The van der Waals surface area contributed by atoms with Crippen molar-refractivity contribution in [3.05, 3.63) is 29.8 Å². The lowest BCUT2D eigenvalue weighted by Gasteiger charge is -2.06. The minimum absolute atomic E-state index is 0.00146. The molecule has 0 aliphatic carbocycles. The van der Waals surface area contributed by atoms with Crippen LogP contribution in [0.3, 0.4) is 0 Å². The van der Waals surface area contributed by atoms with E-state index in [4.69, 9.17) is 6.42 Å². The van der Waals surface area contributed by atoms with Gasteiger partial charge in [0.2, 0.25) is 10.0 Å². The van der Waals surface area contributed by atoms with E-state index in [0.717, 1.165) is 18.7 Å². The Bertz CT molecular complexity index is 486. The Balaban J connectivity index is 2.77. The predicted molar refractivity (Wildman–Crippen MR) is 67.8 cm³/mol. The maximum absolute atomic E-state index is 11.7. The molecule has 0 spiro atoms. The van der Waals surface area contributed by atoms with Crippen LogP contribution in [0.2, 0.25) is 0 Å². The lowest BCUT2D eigenvalue weighted by Crippen LogP contribution is -2.23.